The van der Waals surface area contributed by atoms with Crippen LogP contribution in [-0.2, 0) is 28.6 Å². The Kier molecular flexibility index (Phi) is 50.3. The van der Waals surface area contributed by atoms with Crippen LogP contribution in [0.4, 0.5) is 0 Å². The molecule has 0 rings (SSSR count). The lowest BCUT2D eigenvalue weighted by molar-refractivity contribution is -0.167. The van der Waals surface area contributed by atoms with Gasteiger partial charge >= 0.3 is 17.9 Å². The third-order valence-electron chi connectivity index (χ3n) is 12.1. The normalized spacial score (nSPS) is 12.2. The number of unbranched alkanes of at least 4 members (excludes halogenated alkanes) is 33. The second-order valence-electron chi connectivity index (χ2n) is 18.5. The molecule has 0 N–H and O–H groups in total. The van der Waals surface area contributed by atoms with Crippen LogP contribution in [0.25, 0.3) is 0 Å². The molecule has 6 heteroatoms. The second-order valence-corrected chi connectivity index (χ2v) is 18.5. The highest BCUT2D eigenvalue weighted by molar-refractivity contribution is 5.71. The summed E-state index contributed by atoms with van der Waals surface area (Å²) in [6.45, 7) is 6.60. The van der Waals surface area contributed by atoms with Crippen molar-refractivity contribution in [2.45, 2.75) is 297 Å². The van der Waals surface area contributed by atoms with Crippen molar-refractivity contribution in [2.24, 2.45) is 0 Å². The predicted octanol–water partition coefficient (Wildman–Crippen LogP) is 18.1. The molecule has 0 fully saturated rings. The van der Waals surface area contributed by atoms with E-state index in [2.05, 4.69) is 57.2 Å². The average molecular weight is 885 g/mol. The van der Waals surface area contributed by atoms with Gasteiger partial charge in [0.25, 0.3) is 0 Å². The Morgan fingerprint density at radius 2 is 0.540 bits per heavy atom. The molecule has 0 heterocycles. The Hall–Kier alpha value is -2.37. The molecule has 0 aromatic heterocycles. The van der Waals surface area contributed by atoms with Crippen LogP contribution < -0.4 is 0 Å². The minimum absolute atomic E-state index is 0.0757. The van der Waals surface area contributed by atoms with Gasteiger partial charge in [-0.2, -0.15) is 0 Å². The maximum atomic E-state index is 12.8. The Morgan fingerprint density at radius 3 is 0.857 bits per heavy atom. The molecule has 368 valence electrons. The molecule has 0 spiro atoms. The fraction of sp³-hybridized carbons (Fsp3) is 0.842. The molecule has 0 aromatic carbocycles. The van der Waals surface area contributed by atoms with Gasteiger partial charge in [-0.3, -0.25) is 14.4 Å². The number of rotatable bonds is 50. The van der Waals surface area contributed by atoms with E-state index in [1.165, 1.54) is 186 Å². The number of ether oxygens (including phenoxy) is 3. The standard InChI is InChI=1S/C57H104O6/c1-4-7-10-13-16-19-22-24-26-27-28-29-31-32-35-38-41-44-47-50-56(59)62-53-54(52-61-55(58)49-46-43-40-37-34-21-18-15-12-9-6-3)63-57(60)51-48-45-42-39-36-33-30-25-23-20-17-14-11-8-5-2/h15,18,20,23-24,26,54H,4-14,16-17,19,21-22,25,27-53H2,1-3H3/b18-15-,23-20-,26-24-/t54-/m0/s1. The van der Waals surface area contributed by atoms with Gasteiger partial charge < -0.3 is 14.2 Å². The molecule has 0 saturated heterocycles. The summed E-state index contributed by atoms with van der Waals surface area (Å²) in [6, 6.07) is 0. The predicted molar refractivity (Wildman–Crippen MR) is 270 cm³/mol. The third kappa shape index (κ3) is 50.5. The number of hydrogen-bond acceptors (Lipinski definition) is 6. The van der Waals surface area contributed by atoms with Gasteiger partial charge in [-0.1, -0.05) is 218 Å². The van der Waals surface area contributed by atoms with Crippen molar-refractivity contribution in [3.8, 4) is 0 Å². The summed E-state index contributed by atoms with van der Waals surface area (Å²) >= 11 is 0. The number of carbonyl (C=O) groups is 3. The van der Waals surface area contributed by atoms with Gasteiger partial charge in [-0.25, -0.2) is 0 Å². The first-order valence-corrected chi connectivity index (χ1v) is 27.5. The highest BCUT2D eigenvalue weighted by Crippen LogP contribution is 2.15. The van der Waals surface area contributed by atoms with E-state index >= 15 is 0 Å². The summed E-state index contributed by atoms with van der Waals surface area (Å²) in [5, 5.41) is 0. The molecular formula is C57H104O6. The summed E-state index contributed by atoms with van der Waals surface area (Å²) in [6.07, 6.45) is 61.3. The number of esters is 3. The molecule has 0 bridgehead atoms. The van der Waals surface area contributed by atoms with Crippen molar-refractivity contribution in [2.75, 3.05) is 13.2 Å². The van der Waals surface area contributed by atoms with Crippen molar-refractivity contribution in [1.82, 2.24) is 0 Å². The first-order valence-electron chi connectivity index (χ1n) is 27.5. The summed E-state index contributed by atoms with van der Waals surface area (Å²) in [7, 11) is 0. The van der Waals surface area contributed by atoms with Crippen molar-refractivity contribution in [1.29, 1.82) is 0 Å². The number of hydrogen-bond donors (Lipinski definition) is 0. The monoisotopic (exact) mass is 885 g/mol. The van der Waals surface area contributed by atoms with E-state index in [0.29, 0.717) is 19.3 Å². The van der Waals surface area contributed by atoms with E-state index in [-0.39, 0.29) is 31.1 Å². The van der Waals surface area contributed by atoms with Crippen LogP contribution in [0.1, 0.15) is 290 Å². The highest BCUT2D eigenvalue weighted by atomic mass is 16.6. The third-order valence-corrected chi connectivity index (χ3v) is 12.1. The molecule has 0 radical (unpaired) electrons. The summed E-state index contributed by atoms with van der Waals surface area (Å²) in [5.41, 5.74) is 0. The lowest BCUT2D eigenvalue weighted by atomic mass is 10.1. The maximum Gasteiger partial charge on any atom is 0.306 e. The van der Waals surface area contributed by atoms with E-state index < -0.39 is 6.10 Å². The fourth-order valence-corrected chi connectivity index (χ4v) is 7.88. The molecular weight excluding hydrogens is 781 g/mol. The second kappa shape index (κ2) is 52.3. The Labute approximate surface area is 391 Å². The molecule has 0 amide bonds. The minimum Gasteiger partial charge on any atom is -0.462 e. The molecule has 6 nitrogen and oxygen atoms in total. The van der Waals surface area contributed by atoms with E-state index in [1.54, 1.807) is 0 Å². The quantitative estimate of drug-likeness (QED) is 0.0262. The van der Waals surface area contributed by atoms with Crippen LogP contribution in [0.3, 0.4) is 0 Å². The SMILES string of the molecule is CCCC/C=C\CCCCCCCC(=O)OC[C@@H](COC(=O)CCCCCCCCCCC/C=C\CCCCCCCC)OC(=O)CCCCCCCCC/C=C\CCCCCC. The molecule has 1 atom stereocenters. The van der Waals surface area contributed by atoms with Crippen LogP contribution in [0.2, 0.25) is 0 Å². The minimum atomic E-state index is -0.776. The highest BCUT2D eigenvalue weighted by Gasteiger charge is 2.19. The van der Waals surface area contributed by atoms with Crippen LogP contribution in [-0.4, -0.2) is 37.2 Å². The zero-order valence-electron chi connectivity index (χ0n) is 42.1. The van der Waals surface area contributed by atoms with Crippen molar-refractivity contribution in [3.63, 3.8) is 0 Å². The number of allylic oxidation sites excluding steroid dienone is 6. The Balaban J connectivity index is 4.31. The van der Waals surface area contributed by atoms with Crippen molar-refractivity contribution >= 4 is 17.9 Å². The zero-order chi connectivity index (χ0) is 45.8. The molecule has 0 unspecified atom stereocenters. The van der Waals surface area contributed by atoms with Crippen LogP contribution in [0.15, 0.2) is 36.5 Å². The Bertz CT molecular complexity index is 1060. The van der Waals surface area contributed by atoms with Crippen LogP contribution >= 0.6 is 0 Å². The van der Waals surface area contributed by atoms with E-state index in [1.807, 2.05) is 0 Å². The maximum absolute atomic E-state index is 12.8. The summed E-state index contributed by atoms with van der Waals surface area (Å²) in [4.78, 5) is 38.0. The van der Waals surface area contributed by atoms with Gasteiger partial charge in [-0.15, -0.1) is 0 Å². The van der Waals surface area contributed by atoms with Gasteiger partial charge in [0.2, 0.25) is 0 Å². The van der Waals surface area contributed by atoms with E-state index in [0.717, 1.165) is 64.2 Å². The van der Waals surface area contributed by atoms with Gasteiger partial charge in [0.15, 0.2) is 6.10 Å². The average Bonchev–Trinajstić information content (AvgIpc) is 3.28. The zero-order valence-corrected chi connectivity index (χ0v) is 42.1. The van der Waals surface area contributed by atoms with Gasteiger partial charge in [0.05, 0.1) is 0 Å². The van der Waals surface area contributed by atoms with Gasteiger partial charge in [0, 0.05) is 19.3 Å². The van der Waals surface area contributed by atoms with Crippen molar-refractivity contribution in [3.05, 3.63) is 36.5 Å². The fourth-order valence-electron chi connectivity index (χ4n) is 7.88. The van der Waals surface area contributed by atoms with Crippen LogP contribution in [0.5, 0.6) is 0 Å². The first-order chi connectivity index (χ1) is 31.0. The smallest absolute Gasteiger partial charge is 0.306 e. The number of carbonyl (C=O) groups excluding carboxylic acids is 3. The summed E-state index contributed by atoms with van der Waals surface area (Å²) in [5.74, 6) is -0.881. The summed E-state index contributed by atoms with van der Waals surface area (Å²) < 4.78 is 16.8. The molecule has 63 heavy (non-hydrogen) atoms. The van der Waals surface area contributed by atoms with Crippen molar-refractivity contribution < 1.29 is 28.6 Å². The van der Waals surface area contributed by atoms with Crippen LogP contribution in [0, 0.1) is 0 Å². The molecule has 0 aromatic rings. The van der Waals surface area contributed by atoms with Gasteiger partial charge in [-0.05, 0) is 89.9 Å². The van der Waals surface area contributed by atoms with E-state index in [4.69, 9.17) is 14.2 Å². The largest absolute Gasteiger partial charge is 0.462 e. The first kappa shape index (κ1) is 60.6. The molecule has 0 saturated carbocycles. The lowest BCUT2D eigenvalue weighted by Crippen LogP contribution is -2.30. The lowest BCUT2D eigenvalue weighted by Gasteiger charge is -2.18. The molecule has 0 aliphatic rings. The Morgan fingerprint density at radius 1 is 0.302 bits per heavy atom. The molecule has 0 aliphatic carbocycles. The molecule has 0 aliphatic heterocycles. The van der Waals surface area contributed by atoms with E-state index in [9.17, 15) is 14.4 Å². The van der Waals surface area contributed by atoms with Gasteiger partial charge in [0.1, 0.15) is 13.2 Å². The topological polar surface area (TPSA) is 78.9 Å².